The van der Waals surface area contributed by atoms with E-state index in [9.17, 15) is 9.59 Å². The molecule has 0 bridgehead atoms. The first-order chi connectivity index (χ1) is 15.0. The largest absolute Gasteiger partial charge is 0.493 e. The van der Waals surface area contributed by atoms with E-state index in [-0.39, 0.29) is 42.2 Å². The maximum Gasteiger partial charge on any atom is 0.250 e. The van der Waals surface area contributed by atoms with Gasteiger partial charge in [0.1, 0.15) is 24.7 Å². The van der Waals surface area contributed by atoms with E-state index in [2.05, 4.69) is 5.32 Å². The Morgan fingerprint density at radius 1 is 1.19 bits per heavy atom. The second-order valence-corrected chi connectivity index (χ2v) is 8.28. The number of amides is 1. The lowest BCUT2D eigenvalue weighted by Crippen LogP contribution is -2.43. The maximum atomic E-state index is 12.9. The van der Waals surface area contributed by atoms with E-state index in [0.717, 1.165) is 5.56 Å². The summed E-state index contributed by atoms with van der Waals surface area (Å²) in [4.78, 5) is 25.0. The SMILES string of the molecule is Cc1cccc(OC2=COC3CC(OCC(=O)Nc4ccc(Cl)cc4)CCC3C2=O)c1. The quantitative estimate of drug-likeness (QED) is 0.705. The summed E-state index contributed by atoms with van der Waals surface area (Å²) in [7, 11) is 0. The monoisotopic (exact) mass is 441 g/mol. The van der Waals surface area contributed by atoms with Crippen molar-refractivity contribution in [1.29, 1.82) is 0 Å². The molecule has 162 valence electrons. The molecule has 3 atom stereocenters. The highest BCUT2D eigenvalue weighted by molar-refractivity contribution is 6.30. The van der Waals surface area contributed by atoms with E-state index in [1.54, 1.807) is 24.3 Å². The lowest BCUT2D eigenvalue weighted by Gasteiger charge is -2.37. The van der Waals surface area contributed by atoms with E-state index in [1.807, 2.05) is 31.2 Å². The second-order valence-electron chi connectivity index (χ2n) is 7.85. The first kappa shape index (κ1) is 21.4. The smallest absolute Gasteiger partial charge is 0.250 e. The standard InChI is InChI=1S/C24H24ClNO5/c1-15-3-2-4-19(11-15)31-22-13-30-21-12-18(9-10-20(21)24(22)28)29-14-23(27)26-17-7-5-16(25)6-8-17/h2-8,11,13,18,20-21H,9-10,12,14H2,1H3,(H,26,27). The lowest BCUT2D eigenvalue weighted by atomic mass is 9.80. The molecule has 2 aromatic carbocycles. The fraction of sp³-hybridized carbons (Fsp3) is 0.333. The number of hydrogen-bond donors (Lipinski definition) is 1. The molecule has 6 nitrogen and oxygen atoms in total. The number of ether oxygens (including phenoxy) is 3. The van der Waals surface area contributed by atoms with Crippen LogP contribution in [0.1, 0.15) is 24.8 Å². The summed E-state index contributed by atoms with van der Waals surface area (Å²) in [5, 5.41) is 3.38. The number of anilines is 1. The molecule has 1 saturated carbocycles. The molecule has 0 aromatic heterocycles. The second kappa shape index (κ2) is 9.54. The average Bonchev–Trinajstić information content (AvgIpc) is 2.76. The molecule has 1 heterocycles. The molecule has 1 aliphatic carbocycles. The number of benzene rings is 2. The van der Waals surface area contributed by atoms with Gasteiger partial charge in [0, 0.05) is 17.1 Å². The molecule has 2 aromatic rings. The van der Waals surface area contributed by atoms with Gasteiger partial charge in [0.25, 0.3) is 0 Å². The van der Waals surface area contributed by atoms with Crippen LogP contribution in [0.5, 0.6) is 5.75 Å². The van der Waals surface area contributed by atoms with Crippen LogP contribution < -0.4 is 10.1 Å². The molecule has 3 unspecified atom stereocenters. The van der Waals surface area contributed by atoms with Gasteiger partial charge in [-0.1, -0.05) is 23.7 Å². The zero-order chi connectivity index (χ0) is 21.8. The van der Waals surface area contributed by atoms with Crippen molar-refractivity contribution in [2.24, 2.45) is 5.92 Å². The average molecular weight is 442 g/mol. The van der Waals surface area contributed by atoms with Gasteiger partial charge in [-0.05, 0) is 61.7 Å². The van der Waals surface area contributed by atoms with Crippen LogP contribution in [0.15, 0.2) is 60.6 Å². The van der Waals surface area contributed by atoms with Crippen LogP contribution >= 0.6 is 11.6 Å². The molecule has 4 rings (SSSR count). The Labute approximate surface area is 186 Å². The summed E-state index contributed by atoms with van der Waals surface area (Å²) in [5.74, 6) is 0.307. The van der Waals surface area contributed by atoms with Gasteiger partial charge in [-0.25, -0.2) is 0 Å². The Morgan fingerprint density at radius 2 is 2.00 bits per heavy atom. The van der Waals surface area contributed by atoms with Crippen molar-refractivity contribution >= 4 is 29.0 Å². The summed E-state index contributed by atoms with van der Waals surface area (Å²) in [6.07, 6.45) is 2.86. The predicted molar refractivity (Wildman–Crippen MR) is 117 cm³/mol. The lowest BCUT2D eigenvalue weighted by molar-refractivity contribution is -0.136. The van der Waals surface area contributed by atoms with Crippen molar-refractivity contribution in [3.8, 4) is 5.75 Å². The van der Waals surface area contributed by atoms with Crippen molar-refractivity contribution in [3.05, 3.63) is 71.1 Å². The highest BCUT2D eigenvalue weighted by atomic mass is 35.5. The number of rotatable bonds is 6. The maximum absolute atomic E-state index is 12.9. The topological polar surface area (TPSA) is 73.9 Å². The molecule has 31 heavy (non-hydrogen) atoms. The number of fused-ring (bicyclic) bond motifs is 1. The van der Waals surface area contributed by atoms with E-state index < -0.39 is 0 Å². The number of aryl methyl sites for hydroxylation is 1. The number of hydrogen-bond acceptors (Lipinski definition) is 5. The van der Waals surface area contributed by atoms with Gasteiger partial charge in [0.05, 0.1) is 12.0 Å². The molecular formula is C24H24ClNO5. The number of carbonyl (C=O) groups is 2. The minimum absolute atomic E-state index is 0.0447. The van der Waals surface area contributed by atoms with Crippen LogP contribution in [0.4, 0.5) is 5.69 Å². The molecule has 0 saturated heterocycles. The van der Waals surface area contributed by atoms with Crippen molar-refractivity contribution in [3.63, 3.8) is 0 Å². The van der Waals surface area contributed by atoms with Crippen molar-refractivity contribution < 1.29 is 23.8 Å². The normalized spacial score (nSPS) is 22.7. The van der Waals surface area contributed by atoms with Crippen LogP contribution in [0.25, 0.3) is 0 Å². The van der Waals surface area contributed by atoms with Gasteiger partial charge in [-0.3, -0.25) is 9.59 Å². The summed E-state index contributed by atoms with van der Waals surface area (Å²) in [5.41, 5.74) is 1.71. The van der Waals surface area contributed by atoms with Gasteiger partial charge in [0.2, 0.25) is 17.4 Å². The highest BCUT2D eigenvalue weighted by Crippen LogP contribution is 2.35. The minimum Gasteiger partial charge on any atom is -0.493 e. The van der Waals surface area contributed by atoms with E-state index >= 15 is 0 Å². The summed E-state index contributed by atoms with van der Waals surface area (Å²) < 4.78 is 17.4. The van der Waals surface area contributed by atoms with Crippen molar-refractivity contribution in [2.75, 3.05) is 11.9 Å². The zero-order valence-corrected chi connectivity index (χ0v) is 17.9. The molecular weight excluding hydrogens is 418 g/mol. The number of ketones is 1. The highest BCUT2D eigenvalue weighted by Gasteiger charge is 2.41. The molecule has 2 aliphatic rings. The van der Waals surface area contributed by atoms with Crippen molar-refractivity contribution in [1.82, 2.24) is 0 Å². The number of carbonyl (C=O) groups excluding carboxylic acids is 2. The van der Waals surface area contributed by atoms with Gasteiger partial charge >= 0.3 is 0 Å². The van der Waals surface area contributed by atoms with E-state index in [4.69, 9.17) is 25.8 Å². The third-order valence-electron chi connectivity index (χ3n) is 5.47. The van der Waals surface area contributed by atoms with Crippen molar-refractivity contribution in [2.45, 2.75) is 38.4 Å². The number of nitrogens with one attached hydrogen (secondary N) is 1. The first-order valence-corrected chi connectivity index (χ1v) is 10.7. The van der Waals surface area contributed by atoms with E-state index in [0.29, 0.717) is 35.7 Å². The summed E-state index contributed by atoms with van der Waals surface area (Å²) in [6, 6.07) is 14.4. The van der Waals surface area contributed by atoms with Crippen LogP contribution in [0.3, 0.4) is 0 Å². The molecule has 0 spiro atoms. The fourth-order valence-electron chi connectivity index (χ4n) is 3.89. The van der Waals surface area contributed by atoms with Crippen LogP contribution in [0, 0.1) is 12.8 Å². The van der Waals surface area contributed by atoms with Crippen LogP contribution in [-0.4, -0.2) is 30.5 Å². The number of halogens is 1. The first-order valence-electron chi connectivity index (χ1n) is 10.3. The van der Waals surface area contributed by atoms with Crippen LogP contribution in [-0.2, 0) is 19.1 Å². The van der Waals surface area contributed by atoms with Crippen LogP contribution in [0.2, 0.25) is 5.02 Å². The Hall–Kier alpha value is -2.83. The Morgan fingerprint density at radius 3 is 2.77 bits per heavy atom. The molecule has 1 fully saturated rings. The molecule has 0 radical (unpaired) electrons. The Kier molecular flexibility index (Phi) is 6.59. The summed E-state index contributed by atoms with van der Waals surface area (Å²) in [6.45, 7) is 1.91. The predicted octanol–water partition coefficient (Wildman–Crippen LogP) is 4.66. The van der Waals surface area contributed by atoms with Gasteiger partial charge < -0.3 is 19.5 Å². The van der Waals surface area contributed by atoms with Gasteiger partial charge in [-0.2, -0.15) is 0 Å². The third-order valence-corrected chi connectivity index (χ3v) is 5.72. The molecule has 1 amide bonds. The molecule has 1 aliphatic heterocycles. The molecule has 1 N–H and O–H groups in total. The molecule has 7 heteroatoms. The van der Waals surface area contributed by atoms with Gasteiger partial charge in [-0.15, -0.1) is 0 Å². The Bertz CT molecular complexity index is 988. The summed E-state index contributed by atoms with van der Waals surface area (Å²) >= 11 is 5.85. The Balaban J connectivity index is 1.28. The fourth-order valence-corrected chi connectivity index (χ4v) is 4.01. The van der Waals surface area contributed by atoms with E-state index in [1.165, 1.54) is 6.26 Å². The van der Waals surface area contributed by atoms with Gasteiger partial charge in [0.15, 0.2) is 0 Å². The number of Topliss-reactive ketones (excluding diaryl/α,β-unsaturated/α-hetero) is 1. The number of allylic oxidation sites excluding steroid dienone is 1. The minimum atomic E-state index is -0.268. The zero-order valence-electron chi connectivity index (χ0n) is 17.2. The third kappa shape index (κ3) is 5.46.